The van der Waals surface area contributed by atoms with Crippen LogP contribution in [0.5, 0.6) is 0 Å². The van der Waals surface area contributed by atoms with Crippen molar-refractivity contribution < 1.29 is 0 Å². The summed E-state index contributed by atoms with van der Waals surface area (Å²) in [6.45, 7) is 4.78. The van der Waals surface area contributed by atoms with E-state index in [0.29, 0.717) is 35.2 Å². The van der Waals surface area contributed by atoms with Gasteiger partial charge in [-0.2, -0.15) is 5.10 Å². The second-order valence-corrected chi connectivity index (χ2v) is 7.48. The van der Waals surface area contributed by atoms with Gasteiger partial charge < -0.3 is 16.0 Å². The lowest BCUT2D eigenvalue weighted by atomic mass is 10.1. The average Bonchev–Trinajstić information content (AvgIpc) is 2.82. The van der Waals surface area contributed by atoms with Crippen molar-refractivity contribution in [2.24, 2.45) is 0 Å². The lowest BCUT2D eigenvalue weighted by molar-refractivity contribution is 0.843. The molecule has 0 unspecified atom stereocenters. The van der Waals surface area contributed by atoms with Crippen molar-refractivity contribution in [3.8, 4) is 0 Å². The van der Waals surface area contributed by atoms with Crippen molar-refractivity contribution in [2.45, 2.75) is 26.3 Å². The van der Waals surface area contributed by atoms with E-state index in [0.717, 1.165) is 22.2 Å². The molecule has 9 heteroatoms. The SMILES string of the molecule is CC(C)c1cnnc(Nc2ccc3ncc(/C(C=N)=C/NCc4cncnc4)cc3n2)c1. The zero-order chi connectivity index (χ0) is 22.3. The fraction of sp³-hybridized carbons (Fsp3) is 0.174. The fourth-order valence-electron chi connectivity index (χ4n) is 3.03. The molecule has 0 aliphatic carbocycles. The number of allylic oxidation sites excluding steroid dienone is 1. The molecule has 160 valence electrons. The van der Waals surface area contributed by atoms with E-state index in [9.17, 15) is 0 Å². The second-order valence-electron chi connectivity index (χ2n) is 7.48. The summed E-state index contributed by atoms with van der Waals surface area (Å²) >= 11 is 0. The topological polar surface area (TPSA) is 125 Å². The van der Waals surface area contributed by atoms with Gasteiger partial charge in [-0.1, -0.05) is 13.8 Å². The lowest BCUT2D eigenvalue weighted by Gasteiger charge is -2.09. The third kappa shape index (κ3) is 5.07. The van der Waals surface area contributed by atoms with Gasteiger partial charge in [0, 0.05) is 54.2 Å². The number of hydrogen-bond donors (Lipinski definition) is 3. The summed E-state index contributed by atoms with van der Waals surface area (Å²) in [6, 6.07) is 7.64. The van der Waals surface area contributed by atoms with E-state index in [1.807, 2.05) is 24.3 Å². The Balaban J connectivity index is 1.55. The van der Waals surface area contributed by atoms with Gasteiger partial charge in [0.25, 0.3) is 0 Å². The van der Waals surface area contributed by atoms with Crippen LogP contribution in [0.4, 0.5) is 11.6 Å². The molecule has 0 bridgehead atoms. The van der Waals surface area contributed by atoms with Gasteiger partial charge in [0.15, 0.2) is 5.82 Å². The van der Waals surface area contributed by atoms with E-state index in [1.165, 1.54) is 12.5 Å². The first kappa shape index (κ1) is 21.0. The number of hydrogen-bond acceptors (Lipinski definition) is 9. The van der Waals surface area contributed by atoms with Crippen LogP contribution in [0.1, 0.15) is 36.5 Å². The minimum atomic E-state index is 0.358. The summed E-state index contributed by atoms with van der Waals surface area (Å²) in [5, 5.41) is 22.4. The van der Waals surface area contributed by atoms with E-state index >= 15 is 0 Å². The first-order valence-electron chi connectivity index (χ1n) is 10.2. The molecule has 3 N–H and O–H groups in total. The second kappa shape index (κ2) is 9.69. The molecule has 0 aliphatic heterocycles. The molecule has 32 heavy (non-hydrogen) atoms. The predicted octanol–water partition coefficient (Wildman–Crippen LogP) is 3.86. The van der Waals surface area contributed by atoms with Gasteiger partial charge in [0.05, 0.1) is 17.2 Å². The number of rotatable bonds is 8. The summed E-state index contributed by atoms with van der Waals surface area (Å²) in [5.74, 6) is 1.65. The monoisotopic (exact) mass is 425 g/mol. The van der Waals surface area contributed by atoms with Crippen LogP contribution in [0.3, 0.4) is 0 Å². The summed E-state index contributed by atoms with van der Waals surface area (Å²) in [6.07, 6.45) is 11.5. The maximum Gasteiger partial charge on any atom is 0.154 e. The largest absolute Gasteiger partial charge is 0.386 e. The van der Waals surface area contributed by atoms with E-state index in [-0.39, 0.29) is 0 Å². The zero-order valence-electron chi connectivity index (χ0n) is 17.8. The summed E-state index contributed by atoms with van der Waals surface area (Å²) in [7, 11) is 0. The molecule has 0 atom stereocenters. The standard InChI is InChI=1S/C23H23N9/c1-15(2)17-6-23(32-29-13-17)31-22-4-3-20-21(30-22)5-18(12-28-20)19(7-24)11-25-8-16-9-26-14-27-10-16/h3-7,9-15,24-25H,8H2,1-2H3,(H,30,31,32)/b19-11+,24-7?. The third-order valence-electron chi connectivity index (χ3n) is 4.80. The Morgan fingerprint density at radius 1 is 1.03 bits per heavy atom. The maximum absolute atomic E-state index is 7.80. The molecule has 0 radical (unpaired) electrons. The van der Waals surface area contributed by atoms with E-state index in [4.69, 9.17) is 5.41 Å². The zero-order valence-corrected chi connectivity index (χ0v) is 17.8. The smallest absolute Gasteiger partial charge is 0.154 e. The average molecular weight is 426 g/mol. The first-order valence-corrected chi connectivity index (χ1v) is 10.2. The Morgan fingerprint density at radius 3 is 2.66 bits per heavy atom. The van der Waals surface area contributed by atoms with Crippen LogP contribution in [-0.2, 0) is 6.54 Å². The van der Waals surface area contributed by atoms with Crippen LogP contribution in [0.2, 0.25) is 0 Å². The molecule has 0 aromatic carbocycles. The van der Waals surface area contributed by atoms with Gasteiger partial charge in [0.1, 0.15) is 12.1 Å². The molecule has 4 heterocycles. The van der Waals surface area contributed by atoms with Gasteiger partial charge in [-0.3, -0.25) is 4.98 Å². The number of aromatic nitrogens is 6. The Bertz CT molecular complexity index is 1250. The van der Waals surface area contributed by atoms with Crippen molar-refractivity contribution in [3.05, 3.63) is 78.3 Å². The van der Waals surface area contributed by atoms with Crippen LogP contribution >= 0.6 is 0 Å². The minimum Gasteiger partial charge on any atom is -0.386 e. The van der Waals surface area contributed by atoms with Crippen LogP contribution in [0, 0.1) is 5.41 Å². The van der Waals surface area contributed by atoms with Crippen molar-refractivity contribution >= 4 is 34.5 Å². The van der Waals surface area contributed by atoms with Crippen molar-refractivity contribution in [1.29, 1.82) is 5.41 Å². The van der Waals surface area contributed by atoms with Crippen molar-refractivity contribution in [3.63, 3.8) is 0 Å². The molecule has 0 saturated carbocycles. The van der Waals surface area contributed by atoms with Crippen LogP contribution in [0.15, 0.2) is 61.6 Å². The minimum absolute atomic E-state index is 0.358. The molecule has 4 aromatic heterocycles. The highest BCUT2D eigenvalue weighted by molar-refractivity contribution is 6.08. The van der Waals surface area contributed by atoms with E-state index < -0.39 is 0 Å². The van der Waals surface area contributed by atoms with Crippen molar-refractivity contribution in [1.82, 2.24) is 35.5 Å². The van der Waals surface area contributed by atoms with Crippen molar-refractivity contribution in [2.75, 3.05) is 5.32 Å². The van der Waals surface area contributed by atoms with Crippen LogP contribution in [0.25, 0.3) is 16.6 Å². The van der Waals surface area contributed by atoms with Gasteiger partial charge in [-0.15, -0.1) is 5.10 Å². The summed E-state index contributed by atoms with van der Waals surface area (Å²) in [5.41, 5.74) is 5.00. The molecule has 4 aromatic rings. The van der Waals surface area contributed by atoms with Crippen LogP contribution < -0.4 is 10.6 Å². The molecule has 4 rings (SSSR count). The van der Waals surface area contributed by atoms with Gasteiger partial charge in [0.2, 0.25) is 0 Å². The summed E-state index contributed by atoms with van der Waals surface area (Å²) in [4.78, 5) is 17.2. The Hall–Kier alpha value is -4.27. The molecule has 0 aliphatic rings. The maximum atomic E-state index is 7.80. The predicted molar refractivity (Wildman–Crippen MR) is 125 cm³/mol. The molecule has 0 amide bonds. The molecular formula is C23H23N9. The van der Waals surface area contributed by atoms with Gasteiger partial charge in [-0.25, -0.2) is 15.0 Å². The normalized spacial score (nSPS) is 11.5. The number of fused-ring (bicyclic) bond motifs is 1. The molecule has 0 saturated heterocycles. The number of pyridine rings is 2. The lowest BCUT2D eigenvalue weighted by Crippen LogP contribution is -2.07. The number of anilines is 2. The highest BCUT2D eigenvalue weighted by Crippen LogP contribution is 2.21. The molecular weight excluding hydrogens is 402 g/mol. The number of nitrogens with zero attached hydrogens (tertiary/aromatic N) is 6. The summed E-state index contributed by atoms with van der Waals surface area (Å²) < 4.78 is 0. The van der Waals surface area contributed by atoms with Gasteiger partial charge >= 0.3 is 0 Å². The van der Waals surface area contributed by atoms with Crippen LogP contribution in [-0.4, -0.2) is 36.3 Å². The van der Waals surface area contributed by atoms with E-state index in [1.54, 1.807) is 31.0 Å². The quantitative estimate of drug-likeness (QED) is 0.363. The fourth-order valence-corrected chi connectivity index (χ4v) is 3.03. The third-order valence-corrected chi connectivity index (χ3v) is 4.80. The first-order chi connectivity index (χ1) is 15.6. The molecule has 0 spiro atoms. The van der Waals surface area contributed by atoms with Gasteiger partial charge in [-0.05, 0) is 35.7 Å². The van der Waals surface area contributed by atoms with E-state index in [2.05, 4.69) is 54.6 Å². The highest BCUT2D eigenvalue weighted by Gasteiger charge is 2.07. The number of nitrogens with one attached hydrogen (secondary N) is 3. The molecule has 9 nitrogen and oxygen atoms in total. The Morgan fingerprint density at radius 2 is 1.88 bits per heavy atom. The highest BCUT2D eigenvalue weighted by atomic mass is 15.2. The molecule has 0 fully saturated rings. The Kier molecular flexibility index (Phi) is 6.35. The Labute approximate surface area is 185 Å².